The molecule has 0 saturated carbocycles. The third-order valence-electron chi connectivity index (χ3n) is 5.83. The van der Waals surface area contributed by atoms with Gasteiger partial charge in [-0.1, -0.05) is 6.07 Å². The lowest BCUT2D eigenvalue weighted by Gasteiger charge is -2.23. The Kier molecular flexibility index (Phi) is 6.19. The number of aromatic amines is 2. The molecule has 3 aromatic heterocycles. The van der Waals surface area contributed by atoms with Gasteiger partial charge < -0.3 is 19.7 Å². The molecule has 1 atom stereocenters. The van der Waals surface area contributed by atoms with Gasteiger partial charge in [0, 0.05) is 29.1 Å². The first-order chi connectivity index (χ1) is 15.8. The van der Waals surface area contributed by atoms with Gasteiger partial charge in [0.2, 0.25) is 6.33 Å². The lowest BCUT2D eigenvalue weighted by atomic mass is 9.97. The summed E-state index contributed by atoms with van der Waals surface area (Å²) in [7, 11) is 1.27. The van der Waals surface area contributed by atoms with Crippen LogP contribution in [-0.2, 0) is 20.9 Å². The van der Waals surface area contributed by atoms with Crippen molar-refractivity contribution in [3.8, 4) is 0 Å². The zero-order valence-electron chi connectivity index (χ0n) is 18.5. The van der Waals surface area contributed by atoms with Crippen LogP contribution in [0.4, 0.5) is 0 Å². The number of aliphatic hydroxyl groups is 1. The number of carbonyl (C=O) groups excluding carboxylic acids is 3. The Hall–Kier alpha value is -3.66. The molecule has 172 valence electrons. The Bertz CT molecular complexity index is 1220. The number of H-pyrrole nitrogens is 2. The first kappa shape index (κ1) is 22.5. The van der Waals surface area contributed by atoms with Crippen molar-refractivity contribution in [2.24, 2.45) is 0 Å². The molecular weight excluding hydrogens is 444 g/mol. The number of ketones is 1. The van der Waals surface area contributed by atoms with Crippen LogP contribution in [-0.4, -0.2) is 51.3 Å². The van der Waals surface area contributed by atoms with Gasteiger partial charge in [-0.15, -0.1) is 11.3 Å². The largest absolute Gasteiger partial charge is 0.507 e. The van der Waals surface area contributed by atoms with Crippen LogP contribution in [0.1, 0.15) is 44.6 Å². The Morgan fingerprint density at radius 3 is 2.76 bits per heavy atom. The zero-order valence-corrected chi connectivity index (χ0v) is 19.4. The van der Waals surface area contributed by atoms with Crippen LogP contribution in [0.3, 0.4) is 0 Å². The number of aryl methyl sites for hydroxylation is 2. The molecule has 1 aliphatic heterocycles. The fourth-order valence-electron chi connectivity index (χ4n) is 4.28. The number of esters is 1. The van der Waals surface area contributed by atoms with Gasteiger partial charge in [-0.05, 0) is 30.9 Å². The first-order valence-electron chi connectivity index (χ1n) is 10.5. The van der Waals surface area contributed by atoms with Crippen molar-refractivity contribution in [3.05, 3.63) is 69.2 Å². The molecule has 1 aliphatic rings. The SMILES string of the molecule is COC(=O)c1[nH]c(C)c(C(O)=C2C(=O)C(=O)N(CCC[n+]3cc[nH]c3)C2c2cccs2)c1C. The number of aliphatic hydroxyl groups excluding tert-OH is 1. The number of amides is 1. The minimum atomic E-state index is -0.736. The number of nitrogens with zero attached hydrogens (tertiary/aromatic N) is 2. The number of methoxy groups -OCH3 is 1. The van der Waals surface area contributed by atoms with Crippen LogP contribution in [0.25, 0.3) is 5.76 Å². The topological polar surface area (TPSA) is 119 Å². The average molecular weight is 470 g/mol. The van der Waals surface area contributed by atoms with Crippen molar-refractivity contribution in [1.29, 1.82) is 0 Å². The molecule has 1 saturated heterocycles. The molecule has 3 aromatic rings. The minimum Gasteiger partial charge on any atom is -0.507 e. The molecule has 0 aliphatic carbocycles. The van der Waals surface area contributed by atoms with E-state index in [-0.39, 0.29) is 17.0 Å². The molecule has 10 heteroatoms. The smallest absolute Gasteiger partial charge is 0.354 e. The highest BCUT2D eigenvalue weighted by Crippen LogP contribution is 2.42. The van der Waals surface area contributed by atoms with E-state index in [2.05, 4.69) is 9.97 Å². The van der Waals surface area contributed by atoms with E-state index < -0.39 is 23.7 Å². The van der Waals surface area contributed by atoms with E-state index in [9.17, 15) is 19.5 Å². The second-order valence-corrected chi connectivity index (χ2v) is 8.81. The predicted octanol–water partition coefficient (Wildman–Crippen LogP) is 2.61. The standard InChI is InChI=1S/C23H24N4O5S/c1-13-16(14(2)25-18(13)23(31)32-3)20(28)17-19(15-6-4-11-33-15)27(22(30)21(17)29)9-5-8-26-10-7-24-12-26/h4,6-7,10-12,19H,5,8-9H2,1-3H3,(H2,25,28,29,31)/p+1. The number of imidazole rings is 1. The molecule has 1 unspecified atom stereocenters. The van der Waals surface area contributed by atoms with E-state index in [0.717, 1.165) is 4.88 Å². The number of carbonyl (C=O) groups is 3. The molecule has 0 spiro atoms. The Balaban J connectivity index is 1.75. The quantitative estimate of drug-likeness (QED) is 0.162. The number of ether oxygens (including phenoxy) is 1. The summed E-state index contributed by atoms with van der Waals surface area (Å²) in [5.41, 5.74) is 1.51. The molecule has 1 amide bonds. The molecule has 33 heavy (non-hydrogen) atoms. The maximum Gasteiger partial charge on any atom is 0.354 e. The molecule has 1 fully saturated rings. The second-order valence-electron chi connectivity index (χ2n) is 7.83. The van der Waals surface area contributed by atoms with Crippen LogP contribution in [0.5, 0.6) is 0 Å². The van der Waals surface area contributed by atoms with Gasteiger partial charge in [-0.25, -0.2) is 9.36 Å². The third kappa shape index (κ3) is 3.97. The molecule has 4 rings (SSSR count). The van der Waals surface area contributed by atoms with Crippen LogP contribution in [0, 0.1) is 13.8 Å². The van der Waals surface area contributed by atoms with Crippen molar-refractivity contribution in [2.75, 3.05) is 13.7 Å². The number of hydrogen-bond donors (Lipinski definition) is 3. The van der Waals surface area contributed by atoms with Gasteiger partial charge >= 0.3 is 5.97 Å². The van der Waals surface area contributed by atoms with Gasteiger partial charge in [0.15, 0.2) is 0 Å². The van der Waals surface area contributed by atoms with Crippen LogP contribution >= 0.6 is 11.3 Å². The van der Waals surface area contributed by atoms with Crippen molar-refractivity contribution in [2.45, 2.75) is 32.9 Å². The minimum absolute atomic E-state index is 0.0263. The fourth-order valence-corrected chi connectivity index (χ4v) is 5.13. The summed E-state index contributed by atoms with van der Waals surface area (Å²) >= 11 is 1.41. The maximum atomic E-state index is 13.1. The van der Waals surface area contributed by atoms with Crippen molar-refractivity contribution in [3.63, 3.8) is 0 Å². The molecule has 0 radical (unpaired) electrons. The number of nitrogens with one attached hydrogen (secondary N) is 2. The summed E-state index contributed by atoms with van der Waals surface area (Å²) in [4.78, 5) is 46.4. The summed E-state index contributed by atoms with van der Waals surface area (Å²) in [6.07, 6.45) is 6.15. The van der Waals surface area contributed by atoms with Gasteiger partial charge in [-0.3, -0.25) is 14.6 Å². The van der Waals surface area contributed by atoms with Crippen molar-refractivity contribution in [1.82, 2.24) is 14.9 Å². The summed E-state index contributed by atoms with van der Waals surface area (Å²) < 4.78 is 6.76. The number of aromatic nitrogens is 3. The van der Waals surface area contributed by atoms with E-state index in [4.69, 9.17) is 4.74 Å². The van der Waals surface area contributed by atoms with Crippen molar-refractivity contribution < 1.29 is 28.8 Å². The van der Waals surface area contributed by atoms with Gasteiger partial charge in [0.05, 0.1) is 25.3 Å². The van der Waals surface area contributed by atoms with Crippen LogP contribution in [0.2, 0.25) is 0 Å². The third-order valence-corrected chi connectivity index (χ3v) is 6.76. The van der Waals surface area contributed by atoms with E-state index in [1.54, 1.807) is 13.8 Å². The predicted molar refractivity (Wildman–Crippen MR) is 121 cm³/mol. The van der Waals surface area contributed by atoms with Gasteiger partial charge in [0.1, 0.15) is 23.8 Å². The van der Waals surface area contributed by atoms with E-state index in [1.165, 1.54) is 23.3 Å². The summed E-state index contributed by atoms with van der Waals surface area (Å²) in [6.45, 7) is 4.37. The molecule has 3 N–H and O–H groups in total. The van der Waals surface area contributed by atoms with Crippen molar-refractivity contribution >= 4 is 34.8 Å². The highest BCUT2D eigenvalue weighted by Gasteiger charge is 2.46. The van der Waals surface area contributed by atoms with E-state index >= 15 is 0 Å². The lowest BCUT2D eigenvalue weighted by molar-refractivity contribution is -0.695. The molecule has 9 nitrogen and oxygen atoms in total. The number of thiophene rings is 1. The van der Waals surface area contributed by atoms with E-state index in [0.29, 0.717) is 36.3 Å². The number of hydrogen-bond acceptors (Lipinski definition) is 6. The first-order valence-corrected chi connectivity index (χ1v) is 11.3. The summed E-state index contributed by atoms with van der Waals surface area (Å²) in [6, 6.07) is 2.99. The highest BCUT2D eigenvalue weighted by atomic mass is 32.1. The van der Waals surface area contributed by atoms with Gasteiger partial charge in [0.25, 0.3) is 11.7 Å². The number of likely N-dealkylation sites (tertiary alicyclic amines) is 1. The summed E-state index contributed by atoms with van der Waals surface area (Å²) in [5, 5.41) is 13.2. The van der Waals surface area contributed by atoms with E-state index in [1.807, 2.05) is 40.8 Å². The Morgan fingerprint density at radius 1 is 1.33 bits per heavy atom. The van der Waals surface area contributed by atoms with Crippen LogP contribution < -0.4 is 4.57 Å². The normalized spacial score (nSPS) is 17.7. The lowest BCUT2D eigenvalue weighted by Crippen LogP contribution is -2.35. The number of Topliss-reactive ketones (excluding diaryl/α,β-unsaturated/α-hetero) is 1. The maximum absolute atomic E-state index is 13.1. The molecular formula is C23H25N4O5S+. The van der Waals surface area contributed by atoms with Crippen LogP contribution in [0.15, 0.2) is 41.8 Å². The highest BCUT2D eigenvalue weighted by molar-refractivity contribution is 7.10. The molecule has 4 heterocycles. The number of rotatable bonds is 7. The Labute approximate surface area is 194 Å². The molecule has 0 bridgehead atoms. The molecule has 0 aromatic carbocycles. The Morgan fingerprint density at radius 2 is 2.12 bits per heavy atom. The van der Waals surface area contributed by atoms with Gasteiger partial charge in [-0.2, -0.15) is 0 Å². The average Bonchev–Trinajstić information content (AvgIpc) is 3.58. The fraction of sp³-hybridized carbons (Fsp3) is 0.304. The summed E-state index contributed by atoms with van der Waals surface area (Å²) in [5.74, 6) is -2.25. The second kappa shape index (κ2) is 9.07. The zero-order chi connectivity index (χ0) is 23.7. The monoisotopic (exact) mass is 469 g/mol.